The van der Waals surface area contributed by atoms with Gasteiger partial charge in [0.05, 0.1) is 12.2 Å². The standard InChI is InChI=1S/C14H17ClFN3/c1-3-17-7-11-8-18-10(2)19(11)9-12-13(15)5-4-6-14(12)16/h4-6,8,17H,3,7,9H2,1-2H3. The first kappa shape index (κ1) is 14.0. The first-order valence-electron chi connectivity index (χ1n) is 6.28. The molecule has 0 amide bonds. The highest BCUT2D eigenvalue weighted by molar-refractivity contribution is 6.31. The van der Waals surface area contributed by atoms with E-state index in [-0.39, 0.29) is 5.82 Å². The third-order valence-electron chi connectivity index (χ3n) is 3.07. The van der Waals surface area contributed by atoms with Crippen LogP contribution in [0.5, 0.6) is 0 Å². The molecule has 0 spiro atoms. The SMILES string of the molecule is CCNCc1cnc(C)n1Cc1c(F)cccc1Cl. The van der Waals surface area contributed by atoms with E-state index in [1.165, 1.54) is 6.07 Å². The molecule has 0 saturated heterocycles. The Labute approximate surface area is 117 Å². The molecule has 0 aliphatic rings. The third-order valence-corrected chi connectivity index (χ3v) is 3.43. The van der Waals surface area contributed by atoms with Gasteiger partial charge in [-0.25, -0.2) is 9.37 Å². The van der Waals surface area contributed by atoms with Gasteiger partial charge < -0.3 is 9.88 Å². The number of aromatic nitrogens is 2. The van der Waals surface area contributed by atoms with Crippen LogP contribution in [0.15, 0.2) is 24.4 Å². The Kier molecular flexibility index (Phi) is 4.56. The van der Waals surface area contributed by atoms with Crippen molar-refractivity contribution in [3.8, 4) is 0 Å². The molecule has 2 aromatic rings. The van der Waals surface area contributed by atoms with Crippen molar-refractivity contribution >= 4 is 11.6 Å². The number of aryl methyl sites for hydroxylation is 1. The Balaban J connectivity index is 2.30. The van der Waals surface area contributed by atoms with E-state index in [9.17, 15) is 4.39 Å². The second-order valence-corrected chi connectivity index (χ2v) is 4.77. The molecule has 2 rings (SSSR count). The molecular weight excluding hydrogens is 265 g/mol. The van der Waals surface area contributed by atoms with Gasteiger partial charge >= 0.3 is 0 Å². The second kappa shape index (κ2) is 6.17. The molecule has 102 valence electrons. The Bertz CT molecular complexity index is 546. The molecular formula is C14H17ClFN3. The highest BCUT2D eigenvalue weighted by Crippen LogP contribution is 2.21. The highest BCUT2D eigenvalue weighted by atomic mass is 35.5. The van der Waals surface area contributed by atoms with Crippen molar-refractivity contribution in [3.05, 3.63) is 52.3 Å². The van der Waals surface area contributed by atoms with Gasteiger partial charge in [0.15, 0.2) is 0 Å². The average Bonchev–Trinajstić information content (AvgIpc) is 2.72. The van der Waals surface area contributed by atoms with Gasteiger partial charge in [-0.2, -0.15) is 0 Å². The Morgan fingerprint density at radius 2 is 2.21 bits per heavy atom. The molecule has 0 atom stereocenters. The van der Waals surface area contributed by atoms with Gasteiger partial charge in [-0.3, -0.25) is 0 Å². The van der Waals surface area contributed by atoms with E-state index >= 15 is 0 Å². The molecule has 0 bridgehead atoms. The maximum atomic E-state index is 13.8. The molecule has 0 aliphatic carbocycles. The minimum Gasteiger partial charge on any atom is -0.326 e. The minimum atomic E-state index is -0.282. The van der Waals surface area contributed by atoms with Crippen LogP contribution in [0.1, 0.15) is 24.0 Å². The summed E-state index contributed by atoms with van der Waals surface area (Å²) in [7, 11) is 0. The predicted octanol–water partition coefficient (Wildman–Crippen LogP) is 3.14. The van der Waals surface area contributed by atoms with Gasteiger partial charge in [0.1, 0.15) is 11.6 Å². The number of hydrogen-bond donors (Lipinski definition) is 1. The largest absolute Gasteiger partial charge is 0.326 e. The summed E-state index contributed by atoms with van der Waals surface area (Å²) < 4.78 is 15.8. The van der Waals surface area contributed by atoms with E-state index < -0.39 is 0 Å². The van der Waals surface area contributed by atoms with E-state index in [0.29, 0.717) is 23.7 Å². The van der Waals surface area contributed by atoms with Gasteiger partial charge in [-0.05, 0) is 25.6 Å². The first-order valence-corrected chi connectivity index (χ1v) is 6.66. The first-order chi connectivity index (χ1) is 9.13. The normalized spacial score (nSPS) is 10.9. The average molecular weight is 282 g/mol. The summed E-state index contributed by atoms with van der Waals surface area (Å²) in [6, 6.07) is 4.75. The number of rotatable bonds is 5. The van der Waals surface area contributed by atoms with Gasteiger partial charge in [-0.15, -0.1) is 0 Å². The van der Waals surface area contributed by atoms with Crippen molar-refractivity contribution in [1.82, 2.24) is 14.9 Å². The minimum absolute atomic E-state index is 0.282. The van der Waals surface area contributed by atoms with E-state index in [4.69, 9.17) is 11.6 Å². The zero-order valence-corrected chi connectivity index (χ0v) is 11.8. The highest BCUT2D eigenvalue weighted by Gasteiger charge is 2.12. The molecule has 0 radical (unpaired) electrons. The predicted molar refractivity (Wildman–Crippen MR) is 74.9 cm³/mol. The molecule has 0 saturated carbocycles. The van der Waals surface area contributed by atoms with Crippen LogP contribution < -0.4 is 5.32 Å². The second-order valence-electron chi connectivity index (χ2n) is 4.36. The summed E-state index contributed by atoms with van der Waals surface area (Å²) >= 11 is 6.07. The molecule has 0 fully saturated rings. The lowest BCUT2D eigenvalue weighted by atomic mass is 10.2. The fraction of sp³-hybridized carbons (Fsp3) is 0.357. The molecule has 19 heavy (non-hydrogen) atoms. The van der Waals surface area contributed by atoms with Crippen LogP contribution in [-0.4, -0.2) is 16.1 Å². The summed E-state index contributed by atoms with van der Waals surface area (Å²) in [6.07, 6.45) is 1.81. The fourth-order valence-corrected chi connectivity index (χ4v) is 2.19. The number of hydrogen-bond acceptors (Lipinski definition) is 2. The van der Waals surface area contributed by atoms with Crippen LogP contribution >= 0.6 is 11.6 Å². The number of nitrogens with zero attached hydrogens (tertiary/aromatic N) is 2. The molecule has 3 nitrogen and oxygen atoms in total. The summed E-state index contributed by atoms with van der Waals surface area (Å²) in [6.45, 7) is 5.94. The topological polar surface area (TPSA) is 29.9 Å². The molecule has 1 N–H and O–H groups in total. The lowest BCUT2D eigenvalue weighted by Gasteiger charge is -2.12. The van der Waals surface area contributed by atoms with Gasteiger partial charge in [-0.1, -0.05) is 24.6 Å². The Hall–Kier alpha value is -1.39. The van der Waals surface area contributed by atoms with Crippen molar-refractivity contribution in [1.29, 1.82) is 0 Å². The number of nitrogens with one attached hydrogen (secondary N) is 1. The molecule has 1 aromatic heterocycles. The smallest absolute Gasteiger partial charge is 0.129 e. The van der Waals surface area contributed by atoms with Crippen molar-refractivity contribution in [2.75, 3.05) is 6.54 Å². The maximum absolute atomic E-state index is 13.8. The molecule has 0 unspecified atom stereocenters. The van der Waals surface area contributed by atoms with Crippen LogP contribution in [0.25, 0.3) is 0 Å². The molecule has 5 heteroatoms. The van der Waals surface area contributed by atoms with E-state index in [0.717, 1.165) is 18.1 Å². The summed E-state index contributed by atoms with van der Waals surface area (Å²) in [5.41, 5.74) is 1.53. The van der Waals surface area contributed by atoms with Gasteiger partial charge in [0.2, 0.25) is 0 Å². The molecule has 1 aromatic carbocycles. The quantitative estimate of drug-likeness (QED) is 0.912. The number of imidazole rings is 1. The van der Waals surface area contributed by atoms with E-state index in [1.54, 1.807) is 12.1 Å². The van der Waals surface area contributed by atoms with Crippen LogP contribution in [0.2, 0.25) is 5.02 Å². The van der Waals surface area contributed by atoms with Gasteiger partial charge in [0.25, 0.3) is 0 Å². The van der Waals surface area contributed by atoms with Crippen LogP contribution in [0.3, 0.4) is 0 Å². The van der Waals surface area contributed by atoms with Crippen molar-refractivity contribution in [2.24, 2.45) is 0 Å². The van der Waals surface area contributed by atoms with Crippen molar-refractivity contribution in [3.63, 3.8) is 0 Å². The van der Waals surface area contributed by atoms with Crippen molar-refractivity contribution < 1.29 is 4.39 Å². The monoisotopic (exact) mass is 281 g/mol. The summed E-state index contributed by atoms with van der Waals surface area (Å²) in [4.78, 5) is 4.28. The summed E-state index contributed by atoms with van der Waals surface area (Å²) in [5.74, 6) is 0.572. The lowest BCUT2D eigenvalue weighted by molar-refractivity contribution is 0.585. The Morgan fingerprint density at radius 1 is 1.42 bits per heavy atom. The van der Waals surface area contributed by atoms with Crippen LogP contribution in [-0.2, 0) is 13.1 Å². The van der Waals surface area contributed by atoms with Crippen LogP contribution in [0, 0.1) is 12.7 Å². The van der Waals surface area contributed by atoms with Gasteiger partial charge in [0, 0.05) is 23.3 Å². The number of benzene rings is 1. The van der Waals surface area contributed by atoms with Crippen molar-refractivity contribution in [2.45, 2.75) is 26.9 Å². The summed E-state index contributed by atoms with van der Waals surface area (Å²) in [5, 5.41) is 3.69. The Morgan fingerprint density at radius 3 is 2.89 bits per heavy atom. The molecule has 0 aliphatic heterocycles. The lowest BCUT2D eigenvalue weighted by Crippen LogP contribution is -2.17. The van der Waals surface area contributed by atoms with E-state index in [1.807, 2.05) is 24.6 Å². The number of halogens is 2. The maximum Gasteiger partial charge on any atom is 0.129 e. The zero-order valence-electron chi connectivity index (χ0n) is 11.1. The zero-order chi connectivity index (χ0) is 13.8. The molecule has 1 heterocycles. The van der Waals surface area contributed by atoms with E-state index in [2.05, 4.69) is 10.3 Å². The fourth-order valence-electron chi connectivity index (χ4n) is 1.97. The third kappa shape index (κ3) is 3.14. The van der Waals surface area contributed by atoms with Crippen LogP contribution in [0.4, 0.5) is 4.39 Å².